The number of cyclic esters (lactones) is 1. The van der Waals surface area contributed by atoms with Crippen LogP contribution < -0.4 is 0 Å². The first-order valence-corrected chi connectivity index (χ1v) is 10.7. The fraction of sp³-hybridized carbons (Fsp3) is 0.583. The normalized spacial score (nSPS) is 21.8. The van der Waals surface area contributed by atoms with Gasteiger partial charge in [-0.1, -0.05) is 63.4 Å². The van der Waals surface area contributed by atoms with Gasteiger partial charge in [0, 0.05) is 5.92 Å². The van der Waals surface area contributed by atoms with Crippen LogP contribution in [0.4, 0.5) is 0 Å². The molecule has 0 radical (unpaired) electrons. The van der Waals surface area contributed by atoms with Gasteiger partial charge >= 0.3 is 11.9 Å². The summed E-state index contributed by atoms with van der Waals surface area (Å²) in [6.45, 7) is 6.03. The van der Waals surface area contributed by atoms with Crippen molar-refractivity contribution < 1.29 is 19.1 Å². The van der Waals surface area contributed by atoms with Crippen LogP contribution in [0.2, 0.25) is 0 Å². The van der Waals surface area contributed by atoms with Crippen LogP contribution >= 0.6 is 0 Å². The van der Waals surface area contributed by atoms with E-state index >= 15 is 0 Å². The van der Waals surface area contributed by atoms with Gasteiger partial charge in [-0.2, -0.15) is 0 Å². The van der Waals surface area contributed by atoms with Crippen LogP contribution in [0.15, 0.2) is 42.2 Å². The van der Waals surface area contributed by atoms with Crippen molar-refractivity contribution in [3.63, 3.8) is 0 Å². The third-order valence-electron chi connectivity index (χ3n) is 6.77. The second-order valence-electron chi connectivity index (χ2n) is 8.04. The Hall–Kier alpha value is -2.10. The van der Waals surface area contributed by atoms with E-state index in [0.29, 0.717) is 25.2 Å². The predicted molar refractivity (Wildman–Crippen MR) is 109 cm³/mol. The second-order valence-corrected chi connectivity index (χ2v) is 8.04. The molecule has 1 aliphatic carbocycles. The summed E-state index contributed by atoms with van der Waals surface area (Å²) in [7, 11) is 0. The van der Waals surface area contributed by atoms with Gasteiger partial charge in [0.15, 0.2) is 0 Å². The SMILES string of the molecule is CCOC(=O)C(CC)(CC)C1=CC(c2ccccc2)C2(CCCCC2)C(=O)O1. The number of ether oxygens (including phenoxy) is 2. The fourth-order valence-electron chi connectivity index (χ4n) is 4.96. The van der Waals surface area contributed by atoms with E-state index in [-0.39, 0.29) is 17.9 Å². The number of allylic oxidation sites excluding steroid dienone is 1. The number of rotatable bonds is 6. The number of carbonyl (C=O) groups excluding carboxylic acids is 2. The number of hydrogen-bond acceptors (Lipinski definition) is 4. The van der Waals surface area contributed by atoms with Gasteiger partial charge in [-0.25, -0.2) is 0 Å². The van der Waals surface area contributed by atoms with Crippen molar-refractivity contribution in [2.75, 3.05) is 6.61 Å². The molecule has 0 N–H and O–H groups in total. The molecule has 1 saturated carbocycles. The molecule has 1 aliphatic heterocycles. The van der Waals surface area contributed by atoms with Gasteiger partial charge in [0.25, 0.3) is 0 Å². The van der Waals surface area contributed by atoms with E-state index in [0.717, 1.165) is 37.7 Å². The number of esters is 2. The molecule has 1 fully saturated rings. The smallest absolute Gasteiger partial charge is 0.319 e. The average Bonchev–Trinajstić information content (AvgIpc) is 2.73. The molecule has 1 unspecified atom stereocenters. The maximum atomic E-state index is 13.4. The van der Waals surface area contributed by atoms with Gasteiger partial charge < -0.3 is 9.47 Å². The van der Waals surface area contributed by atoms with E-state index < -0.39 is 10.8 Å². The minimum atomic E-state index is -0.908. The fourth-order valence-corrected chi connectivity index (χ4v) is 4.96. The first-order chi connectivity index (χ1) is 13.5. The summed E-state index contributed by atoms with van der Waals surface area (Å²) in [5.41, 5.74) is -0.316. The third-order valence-corrected chi connectivity index (χ3v) is 6.77. The molecule has 0 saturated heterocycles. The summed E-state index contributed by atoms with van der Waals surface area (Å²) in [4.78, 5) is 26.3. The lowest BCUT2D eigenvalue weighted by molar-refractivity contribution is -0.165. The van der Waals surface area contributed by atoms with E-state index in [2.05, 4.69) is 18.2 Å². The Labute approximate surface area is 168 Å². The molecule has 4 nitrogen and oxygen atoms in total. The van der Waals surface area contributed by atoms with E-state index in [1.165, 1.54) is 0 Å². The molecular weight excluding hydrogens is 352 g/mol. The lowest BCUT2D eigenvalue weighted by Gasteiger charge is -2.45. The Morgan fingerprint density at radius 3 is 2.32 bits per heavy atom. The third kappa shape index (κ3) is 3.38. The highest BCUT2D eigenvalue weighted by atomic mass is 16.6. The molecule has 3 rings (SSSR count). The van der Waals surface area contributed by atoms with Crippen molar-refractivity contribution in [1.82, 2.24) is 0 Å². The molecule has 0 amide bonds. The summed E-state index contributed by atoms with van der Waals surface area (Å²) in [5.74, 6) is -0.0669. The Kier molecular flexibility index (Phi) is 6.26. The highest BCUT2D eigenvalue weighted by Gasteiger charge is 2.54. The highest BCUT2D eigenvalue weighted by molar-refractivity contribution is 5.85. The molecule has 1 heterocycles. The van der Waals surface area contributed by atoms with Gasteiger partial charge in [0.2, 0.25) is 0 Å². The van der Waals surface area contributed by atoms with E-state index in [4.69, 9.17) is 9.47 Å². The van der Waals surface area contributed by atoms with Crippen LogP contribution in [0.3, 0.4) is 0 Å². The molecule has 0 bridgehead atoms. The quantitative estimate of drug-likeness (QED) is 0.605. The largest absolute Gasteiger partial charge is 0.465 e. The molecule has 0 aromatic heterocycles. The van der Waals surface area contributed by atoms with Gasteiger partial charge in [-0.15, -0.1) is 0 Å². The van der Waals surface area contributed by atoms with Crippen molar-refractivity contribution in [1.29, 1.82) is 0 Å². The molecule has 152 valence electrons. The maximum absolute atomic E-state index is 13.4. The molecule has 1 spiro atoms. The molecule has 1 atom stereocenters. The Balaban J connectivity index is 2.12. The molecule has 4 heteroatoms. The maximum Gasteiger partial charge on any atom is 0.319 e. The van der Waals surface area contributed by atoms with E-state index in [9.17, 15) is 9.59 Å². The lowest BCUT2D eigenvalue weighted by Crippen LogP contribution is -2.46. The zero-order chi connectivity index (χ0) is 20.2. The van der Waals surface area contributed by atoms with Crippen LogP contribution in [-0.2, 0) is 19.1 Å². The summed E-state index contributed by atoms with van der Waals surface area (Å²) in [6, 6.07) is 10.2. The first-order valence-electron chi connectivity index (χ1n) is 10.7. The number of hydrogen-bond donors (Lipinski definition) is 0. The summed E-state index contributed by atoms with van der Waals surface area (Å²) in [6.07, 6.45) is 8.03. The number of benzene rings is 1. The molecule has 1 aromatic carbocycles. The second kappa shape index (κ2) is 8.50. The summed E-state index contributed by atoms with van der Waals surface area (Å²) < 4.78 is 11.4. The minimum absolute atomic E-state index is 0.0721. The summed E-state index contributed by atoms with van der Waals surface area (Å²) >= 11 is 0. The van der Waals surface area contributed by atoms with Gasteiger partial charge in [-0.05, 0) is 44.2 Å². The number of carbonyl (C=O) groups is 2. The van der Waals surface area contributed by atoms with Crippen molar-refractivity contribution in [2.45, 2.75) is 71.6 Å². The van der Waals surface area contributed by atoms with Crippen LogP contribution in [0.1, 0.15) is 77.2 Å². The van der Waals surface area contributed by atoms with E-state index in [1.54, 1.807) is 6.92 Å². The van der Waals surface area contributed by atoms with Crippen molar-refractivity contribution >= 4 is 11.9 Å². The first kappa shape index (κ1) is 20.6. The van der Waals surface area contributed by atoms with E-state index in [1.807, 2.05) is 32.0 Å². The standard InChI is InChI=1S/C24H32O4/c1-4-23(5-2,21(25)27-6-3)20-17-19(18-13-9-7-10-14-18)24(22(26)28-20)15-11-8-12-16-24/h7,9-10,13-14,17,19H,4-6,8,11-12,15-16H2,1-3H3. The average molecular weight is 385 g/mol. The zero-order valence-electron chi connectivity index (χ0n) is 17.3. The van der Waals surface area contributed by atoms with Crippen LogP contribution in [0.25, 0.3) is 0 Å². The Morgan fingerprint density at radius 2 is 1.75 bits per heavy atom. The lowest BCUT2D eigenvalue weighted by atomic mass is 9.61. The minimum Gasteiger partial charge on any atom is -0.465 e. The Morgan fingerprint density at radius 1 is 1.11 bits per heavy atom. The van der Waals surface area contributed by atoms with Crippen LogP contribution in [-0.4, -0.2) is 18.5 Å². The molecular formula is C24H32O4. The van der Waals surface area contributed by atoms with Crippen molar-refractivity contribution in [3.05, 3.63) is 47.7 Å². The van der Waals surface area contributed by atoms with Gasteiger partial charge in [-0.3, -0.25) is 9.59 Å². The predicted octanol–water partition coefficient (Wildman–Crippen LogP) is 5.53. The Bertz CT molecular complexity index is 724. The van der Waals surface area contributed by atoms with Gasteiger partial charge in [0.1, 0.15) is 11.2 Å². The molecule has 2 aliphatic rings. The zero-order valence-corrected chi connectivity index (χ0v) is 17.3. The highest BCUT2D eigenvalue weighted by Crippen LogP contribution is 2.54. The molecule has 1 aromatic rings. The topological polar surface area (TPSA) is 52.6 Å². The monoisotopic (exact) mass is 384 g/mol. The van der Waals surface area contributed by atoms with Crippen LogP contribution in [0.5, 0.6) is 0 Å². The summed E-state index contributed by atoms with van der Waals surface area (Å²) in [5, 5.41) is 0. The van der Waals surface area contributed by atoms with Crippen molar-refractivity contribution in [2.24, 2.45) is 10.8 Å². The van der Waals surface area contributed by atoms with Gasteiger partial charge in [0.05, 0.1) is 12.0 Å². The molecule has 28 heavy (non-hydrogen) atoms. The van der Waals surface area contributed by atoms with Crippen molar-refractivity contribution in [3.8, 4) is 0 Å². The van der Waals surface area contributed by atoms with Crippen LogP contribution in [0, 0.1) is 10.8 Å².